The van der Waals surface area contributed by atoms with Crippen LogP contribution in [0.3, 0.4) is 0 Å². The zero-order valence-electron chi connectivity index (χ0n) is 15.7. The number of benzene rings is 2. The number of para-hydroxylation sites is 1. The number of aryl methyl sites for hydroxylation is 1. The Bertz CT molecular complexity index is 819. The summed E-state index contributed by atoms with van der Waals surface area (Å²) in [6.45, 7) is 4.27. The fraction of sp³-hybridized carbons (Fsp3) is 0.227. The summed E-state index contributed by atoms with van der Waals surface area (Å²) in [5, 5.41) is 7.75. The highest BCUT2D eigenvalue weighted by Crippen LogP contribution is 2.14. The highest BCUT2D eigenvalue weighted by atomic mass is 16.2. The normalized spacial score (nSPS) is 10.0. The summed E-state index contributed by atoms with van der Waals surface area (Å²) >= 11 is 0. The molecule has 2 aromatic rings. The van der Waals surface area contributed by atoms with Crippen molar-refractivity contribution in [3.63, 3.8) is 0 Å². The first-order valence-electron chi connectivity index (χ1n) is 9.23. The van der Waals surface area contributed by atoms with Crippen LogP contribution in [0.15, 0.2) is 67.3 Å². The van der Waals surface area contributed by atoms with Gasteiger partial charge >= 0.3 is 11.8 Å². The predicted octanol–water partition coefficient (Wildman–Crippen LogP) is 2.68. The van der Waals surface area contributed by atoms with Gasteiger partial charge in [-0.05, 0) is 37.0 Å². The molecule has 0 radical (unpaired) electrons. The lowest BCUT2D eigenvalue weighted by Crippen LogP contribution is -2.36. The maximum Gasteiger partial charge on any atom is 0.313 e. The Hall–Kier alpha value is -3.41. The lowest BCUT2D eigenvalue weighted by atomic mass is 10.1. The Morgan fingerprint density at radius 3 is 2.32 bits per heavy atom. The predicted molar refractivity (Wildman–Crippen MR) is 110 cm³/mol. The van der Waals surface area contributed by atoms with E-state index in [1.807, 2.05) is 18.2 Å². The van der Waals surface area contributed by atoms with Crippen LogP contribution >= 0.6 is 0 Å². The molecule has 0 spiro atoms. The standard InChI is InChI=1S/C22H25N3O3/c1-2-15-23-20(26)18-13-6-7-14-19(18)25-22(28)21(27)24-16-9-8-12-17-10-4-3-5-11-17/h2-7,10-11,13-14H,1,8-9,12,15-16H2,(H,23,26)(H,24,27)(H,25,28). The monoisotopic (exact) mass is 379 g/mol. The molecule has 6 heteroatoms. The third kappa shape index (κ3) is 6.72. The maximum absolute atomic E-state index is 12.1. The Morgan fingerprint density at radius 2 is 1.57 bits per heavy atom. The number of amides is 3. The number of hydrogen-bond donors (Lipinski definition) is 3. The van der Waals surface area contributed by atoms with Gasteiger partial charge < -0.3 is 16.0 Å². The molecule has 6 nitrogen and oxygen atoms in total. The number of anilines is 1. The second-order valence-corrected chi connectivity index (χ2v) is 6.20. The third-order valence-electron chi connectivity index (χ3n) is 4.05. The first-order chi connectivity index (χ1) is 13.6. The van der Waals surface area contributed by atoms with Crippen LogP contribution in [0.25, 0.3) is 0 Å². The lowest BCUT2D eigenvalue weighted by molar-refractivity contribution is -0.136. The van der Waals surface area contributed by atoms with E-state index in [1.165, 1.54) is 5.56 Å². The van der Waals surface area contributed by atoms with Crippen molar-refractivity contribution in [2.24, 2.45) is 0 Å². The molecule has 0 saturated carbocycles. The van der Waals surface area contributed by atoms with E-state index >= 15 is 0 Å². The highest BCUT2D eigenvalue weighted by molar-refractivity contribution is 6.40. The minimum Gasteiger partial charge on any atom is -0.349 e. The molecule has 3 N–H and O–H groups in total. The molecule has 0 unspecified atom stereocenters. The molecule has 0 bridgehead atoms. The van der Waals surface area contributed by atoms with Crippen molar-refractivity contribution in [3.8, 4) is 0 Å². The van der Waals surface area contributed by atoms with E-state index < -0.39 is 11.8 Å². The van der Waals surface area contributed by atoms with Crippen LogP contribution in [0.1, 0.15) is 28.8 Å². The summed E-state index contributed by atoms with van der Waals surface area (Å²) in [5.41, 5.74) is 1.82. The average molecular weight is 379 g/mol. The molecule has 0 aliphatic carbocycles. The quantitative estimate of drug-likeness (QED) is 0.356. The maximum atomic E-state index is 12.1. The van der Waals surface area contributed by atoms with Crippen LogP contribution in [0.4, 0.5) is 5.69 Å². The van der Waals surface area contributed by atoms with Crippen LogP contribution in [0.2, 0.25) is 0 Å². The van der Waals surface area contributed by atoms with Gasteiger partial charge in [0, 0.05) is 13.1 Å². The molecule has 28 heavy (non-hydrogen) atoms. The first kappa shape index (κ1) is 20.9. The molecular weight excluding hydrogens is 354 g/mol. The van der Waals surface area contributed by atoms with Gasteiger partial charge in [0.15, 0.2) is 0 Å². The van der Waals surface area contributed by atoms with Gasteiger partial charge in [-0.3, -0.25) is 14.4 Å². The number of carbonyl (C=O) groups excluding carboxylic acids is 3. The molecule has 0 aromatic heterocycles. The smallest absolute Gasteiger partial charge is 0.313 e. The summed E-state index contributed by atoms with van der Waals surface area (Å²) in [7, 11) is 0. The van der Waals surface area contributed by atoms with Gasteiger partial charge in [0.25, 0.3) is 5.91 Å². The fourth-order valence-corrected chi connectivity index (χ4v) is 2.61. The first-order valence-corrected chi connectivity index (χ1v) is 9.23. The highest BCUT2D eigenvalue weighted by Gasteiger charge is 2.17. The van der Waals surface area contributed by atoms with Crippen LogP contribution in [-0.2, 0) is 16.0 Å². The van der Waals surface area contributed by atoms with Gasteiger partial charge in [-0.1, -0.05) is 48.5 Å². The van der Waals surface area contributed by atoms with Crippen LogP contribution in [0, 0.1) is 0 Å². The number of rotatable bonds is 9. The Labute approximate surface area is 165 Å². The number of nitrogens with one attached hydrogen (secondary N) is 3. The van der Waals surface area contributed by atoms with Gasteiger partial charge in [-0.2, -0.15) is 0 Å². The van der Waals surface area contributed by atoms with Gasteiger partial charge in [-0.25, -0.2) is 0 Å². The zero-order chi connectivity index (χ0) is 20.2. The van der Waals surface area contributed by atoms with E-state index in [0.29, 0.717) is 13.1 Å². The van der Waals surface area contributed by atoms with Crippen molar-refractivity contribution in [1.29, 1.82) is 0 Å². The van der Waals surface area contributed by atoms with E-state index in [1.54, 1.807) is 30.3 Å². The molecule has 2 aromatic carbocycles. The van der Waals surface area contributed by atoms with Gasteiger partial charge in [0.2, 0.25) is 0 Å². The van der Waals surface area contributed by atoms with Crippen molar-refractivity contribution < 1.29 is 14.4 Å². The summed E-state index contributed by atoms with van der Waals surface area (Å²) in [6.07, 6.45) is 4.17. The van der Waals surface area contributed by atoms with Gasteiger partial charge in [0.05, 0.1) is 11.3 Å². The van der Waals surface area contributed by atoms with Crippen molar-refractivity contribution in [1.82, 2.24) is 10.6 Å². The molecule has 0 aliphatic rings. The van der Waals surface area contributed by atoms with Crippen molar-refractivity contribution in [2.45, 2.75) is 19.3 Å². The molecule has 0 aliphatic heterocycles. The summed E-state index contributed by atoms with van der Waals surface area (Å²) in [4.78, 5) is 36.2. The largest absolute Gasteiger partial charge is 0.349 e. The van der Waals surface area contributed by atoms with Crippen molar-refractivity contribution in [2.75, 3.05) is 18.4 Å². The molecule has 0 atom stereocenters. The van der Waals surface area contributed by atoms with E-state index in [-0.39, 0.29) is 17.2 Å². The lowest BCUT2D eigenvalue weighted by Gasteiger charge is -2.11. The molecular formula is C22H25N3O3. The Kier molecular flexibility index (Phi) is 8.46. The summed E-state index contributed by atoms with van der Waals surface area (Å²) < 4.78 is 0. The summed E-state index contributed by atoms with van der Waals surface area (Å²) in [5.74, 6) is -1.87. The number of hydrogen-bond acceptors (Lipinski definition) is 3. The second kappa shape index (κ2) is 11.3. The van der Waals surface area contributed by atoms with Gasteiger partial charge in [0.1, 0.15) is 0 Å². The third-order valence-corrected chi connectivity index (χ3v) is 4.05. The van der Waals surface area contributed by atoms with E-state index in [4.69, 9.17) is 0 Å². The second-order valence-electron chi connectivity index (χ2n) is 6.20. The van der Waals surface area contributed by atoms with Crippen LogP contribution in [0.5, 0.6) is 0 Å². The number of unbranched alkanes of at least 4 members (excludes halogenated alkanes) is 1. The molecule has 146 valence electrons. The van der Waals surface area contributed by atoms with Crippen molar-refractivity contribution in [3.05, 3.63) is 78.4 Å². The van der Waals surface area contributed by atoms with E-state index in [0.717, 1.165) is 19.3 Å². The minimum atomic E-state index is -0.799. The zero-order valence-corrected chi connectivity index (χ0v) is 15.7. The summed E-state index contributed by atoms with van der Waals surface area (Å²) in [6, 6.07) is 16.6. The Balaban J connectivity index is 1.78. The molecule has 0 heterocycles. The van der Waals surface area contributed by atoms with Crippen molar-refractivity contribution >= 4 is 23.4 Å². The fourth-order valence-electron chi connectivity index (χ4n) is 2.61. The topological polar surface area (TPSA) is 87.3 Å². The molecule has 0 saturated heterocycles. The molecule has 0 fully saturated rings. The average Bonchev–Trinajstić information content (AvgIpc) is 2.72. The molecule has 2 rings (SSSR count). The van der Waals surface area contributed by atoms with E-state index in [9.17, 15) is 14.4 Å². The van der Waals surface area contributed by atoms with E-state index in [2.05, 4.69) is 34.7 Å². The van der Waals surface area contributed by atoms with Crippen LogP contribution < -0.4 is 16.0 Å². The van der Waals surface area contributed by atoms with Crippen LogP contribution in [-0.4, -0.2) is 30.8 Å². The number of carbonyl (C=O) groups is 3. The molecule has 3 amide bonds. The SMILES string of the molecule is C=CCNC(=O)c1ccccc1NC(=O)C(=O)NCCCCc1ccccc1. The Morgan fingerprint density at radius 1 is 0.857 bits per heavy atom. The van der Waals surface area contributed by atoms with Gasteiger partial charge in [-0.15, -0.1) is 6.58 Å². The minimum absolute atomic E-state index is 0.285.